The smallest absolute Gasteiger partial charge is 0.316 e. The minimum Gasteiger partial charge on any atom is -0.446 e. The molecule has 0 aliphatic rings. The molecule has 0 radical (unpaired) electrons. The molecular weight excluding hydrogens is 350 g/mol. The van der Waals surface area contributed by atoms with Gasteiger partial charge >= 0.3 is 5.69 Å². The number of ether oxygens (including phenoxy) is 1. The lowest BCUT2D eigenvalue weighted by molar-refractivity contribution is -0.385. The van der Waals surface area contributed by atoms with Crippen LogP contribution in [0.3, 0.4) is 0 Å². The number of nitriles is 1. The third-order valence-corrected chi connectivity index (χ3v) is 3.23. The van der Waals surface area contributed by atoms with Crippen LogP contribution >= 0.6 is 27.5 Å². The van der Waals surface area contributed by atoms with Crippen LogP contribution in [0.1, 0.15) is 5.56 Å². The van der Waals surface area contributed by atoms with Crippen LogP contribution in [-0.4, -0.2) is 9.91 Å². The van der Waals surface area contributed by atoms with Crippen molar-refractivity contribution in [3.63, 3.8) is 0 Å². The summed E-state index contributed by atoms with van der Waals surface area (Å²) in [6.07, 6.45) is 1.22. The van der Waals surface area contributed by atoms with Crippen LogP contribution in [0.4, 0.5) is 5.69 Å². The van der Waals surface area contributed by atoms with E-state index in [2.05, 4.69) is 20.9 Å². The van der Waals surface area contributed by atoms with E-state index < -0.39 is 4.92 Å². The van der Waals surface area contributed by atoms with Gasteiger partial charge in [0.25, 0.3) is 0 Å². The second-order valence-corrected chi connectivity index (χ2v) is 4.78. The zero-order valence-electron chi connectivity index (χ0n) is 9.71. The Bertz CT molecular complexity index is 730. The molecule has 0 bridgehead atoms. The predicted molar refractivity (Wildman–Crippen MR) is 74.8 cm³/mol. The van der Waals surface area contributed by atoms with Gasteiger partial charge in [-0.05, 0) is 34.1 Å². The molecule has 0 aliphatic carbocycles. The highest BCUT2D eigenvalue weighted by Gasteiger charge is 2.21. The number of halogens is 2. The predicted octanol–water partition coefficient (Wildman–Crippen LogP) is 4.07. The summed E-state index contributed by atoms with van der Waals surface area (Å²) in [5.74, 6) is 0.0667. The highest BCUT2D eigenvalue weighted by molar-refractivity contribution is 9.10. The summed E-state index contributed by atoms with van der Waals surface area (Å²) in [6, 6.07) is 7.76. The van der Waals surface area contributed by atoms with Crippen LogP contribution in [-0.2, 0) is 0 Å². The van der Waals surface area contributed by atoms with Crippen molar-refractivity contribution in [2.45, 2.75) is 0 Å². The van der Waals surface area contributed by atoms with E-state index in [-0.39, 0.29) is 22.3 Å². The van der Waals surface area contributed by atoms with Crippen LogP contribution in [0.15, 0.2) is 34.9 Å². The van der Waals surface area contributed by atoms with E-state index >= 15 is 0 Å². The molecule has 0 unspecified atom stereocenters. The van der Waals surface area contributed by atoms with E-state index in [0.29, 0.717) is 10.0 Å². The Labute approximate surface area is 126 Å². The van der Waals surface area contributed by atoms with Gasteiger partial charge in [0, 0.05) is 12.3 Å². The van der Waals surface area contributed by atoms with Crippen LogP contribution in [0, 0.1) is 21.4 Å². The second kappa shape index (κ2) is 5.86. The van der Waals surface area contributed by atoms with Gasteiger partial charge in [-0.1, -0.05) is 11.6 Å². The summed E-state index contributed by atoms with van der Waals surface area (Å²) < 4.78 is 5.97. The SMILES string of the molecule is N#Cc1ccc(Br)c(Oc2c([N+](=O)[O-])ccnc2Cl)c1. The number of benzene rings is 1. The van der Waals surface area contributed by atoms with Crippen LogP contribution in [0.2, 0.25) is 5.15 Å². The van der Waals surface area contributed by atoms with Crippen LogP contribution < -0.4 is 4.74 Å². The van der Waals surface area contributed by atoms with Gasteiger partial charge in [-0.25, -0.2) is 4.98 Å². The lowest BCUT2D eigenvalue weighted by Crippen LogP contribution is -1.96. The Morgan fingerprint density at radius 1 is 1.45 bits per heavy atom. The van der Waals surface area contributed by atoms with Gasteiger partial charge in [0.2, 0.25) is 5.75 Å². The summed E-state index contributed by atoms with van der Waals surface area (Å²) >= 11 is 9.06. The molecule has 0 saturated carbocycles. The molecule has 1 aromatic heterocycles. The minimum absolute atomic E-state index is 0.131. The lowest BCUT2D eigenvalue weighted by atomic mass is 10.2. The van der Waals surface area contributed by atoms with Crippen LogP contribution in [0.5, 0.6) is 11.5 Å². The van der Waals surface area contributed by atoms with Gasteiger partial charge in [-0.2, -0.15) is 5.26 Å². The first-order valence-corrected chi connectivity index (χ1v) is 6.36. The topological polar surface area (TPSA) is 89.0 Å². The van der Waals surface area contributed by atoms with Crippen molar-refractivity contribution >= 4 is 33.2 Å². The van der Waals surface area contributed by atoms with E-state index in [9.17, 15) is 10.1 Å². The van der Waals surface area contributed by atoms with Crippen LogP contribution in [0.25, 0.3) is 0 Å². The summed E-state index contributed by atoms with van der Waals surface area (Å²) in [5, 5.41) is 19.7. The van der Waals surface area contributed by atoms with Crippen molar-refractivity contribution in [1.82, 2.24) is 4.98 Å². The molecule has 0 atom stereocenters. The Kier molecular flexibility index (Phi) is 4.17. The third kappa shape index (κ3) is 2.87. The minimum atomic E-state index is -0.620. The fraction of sp³-hybridized carbons (Fsp3) is 0. The fourth-order valence-electron chi connectivity index (χ4n) is 1.41. The molecule has 8 heteroatoms. The highest BCUT2D eigenvalue weighted by atomic mass is 79.9. The average molecular weight is 355 g/mol. The van der Waals surface area contributed by atoms with Crippen molar-refractivity contribution in [3.05, 3.63) is 55.8 Å². The third-order valence-electron chi connectivity index (χ3n) is 2.31. The summed E-state index contributed by atoms with van der Waals surface area (Å²) in [5.41, 5.74) is 0.0464. The van der Waals surface area contributed by atoms with Gasteiger partial charge in [0.05, 0.1) is 21.0 Å². The number of hydrogen-bond donors (Lipinski definition) is 0. The first-order chi connectivity index (χ1) is 9.52. The Balaban J connectivity index is 2.50. The van der Waals surface area contributed by atoms with Gasteiger partial charge in [-0.15, -0.1) is 0 Å². The summed E-state index contributed by atoms with van der Waals surface area (Å²) in [4.78, 5) is 14.1. The first kappa shape index (κ1) is 14.2. The molecular formula is C12H5BrClN3O3. The Morgan fingerprint density at radius 2 is 2.20 bits per heavy atom. The van der Waals surface area contributed by atoms with E-state index in [1.54, 1.807) is 12.1 Å². The number of aromatic nitrogens is 1. The normalized spacial score (nSPS) is 9.85. The average Bonchev–Trinajstić information content (AvgIpc) is 2.43. The lowest BCUT2D eigenvalue weighted by Gasteiger charge is -2.09. The Hall–Kier alpha value is -2.17. The standard InChI is InChI=1S/C12H5BrClN3O3/c13-8-2-1-7(6-15)5-10(8)20-11-9(17(18)19)3-4-16-12(11)14/h1-5H. The van der Waals surface area contributed by atoms with Gasteiger partial charge in [0.1, 0.15) is 5.75 Å². The zero-order chi connectivity index (χ0) is 14.7. The molecule has 100 valence electrons. The fourth-order valence-corrected chi connectivity index (χ4v) is 1.93. The van der Waals surface area contributed by atoms with Crippen molar-refractivity contribution in [3.8, 4) is 17.6 Å². The maximum Gasteiger partial charge on any atom is 0.316 e. The first-order valence-electron chi connectivity index (χ1n) is 5.19. The molecule has 6 nitrogen and oxygen atoms in total. The zero-order valence-corrected chi connectivity index (χ0v) is 12.1. The molecule has 2 aromatic rings. The van der Waals surface area contributed by atoms with Crippen molar-refractivity contribution < 1.29 is 9.66 Å². The molecule has 0 amide bonds. The van der Waals surface area contributed by atoms with Crippen molar-refractivity contribution in [2.24, 2.45) is 0 Å². The number of pyridine rings is 1. The quantitative estimate of drug-likeness (QED) is 0.471. The molecule has 0 aliphatic heterocycles. The Morgan fingerprint density at radius 3 is 2.85 bits per heavy atom. The van der Waals surface area contributed by atoms with Gasteiger partial charge < -0.3 is 4.74 Å². The monoisotopic (exact) mass is 353 g/mol. The number of nitrogens with zero attached hydrogens (tertiary/aromatic N) is 3. The van der Waals surface area contributed by atoms with Gasteiger partial charge in [-0.3, -0.25) is 10.1 Å². The molecule has 0 spiro atoms. The maximum atomic E-state index is 10.9. The summed E-state index contributed by atoms with van der Waals surface area (Å²) in [7, 11) is 0. The summed E-state index contributed by atoms with van der Waals surface area (Å²) in [6.45, 7) is 0. The molecule has 1 heterocycles. The van der Waals surface area contributed by atoms with E-state index in [1.807, 2.05) is 6.07 Å². The molecule has 0 saturated heterocycles. The van der Waals surface area contributed by atoms with Gasteiger partial charge in [0.15, 0.2) is 5.15 Å². The molecule has 2 rings (SSSR count). The largest absolute Gasteiger partial charge is 0.446 e. The number of rotatable bonds is 3. The van der Waals surface area contributed by atoms with E-state index in [1.165, 1.54) is 18.3 Å². The number of hydrogen-bond acceptors (Lipinski definition) is 5. The van der Waals surface area contributed by atoms with E-state index in [0.717, 1.165) is 0 Å². The highest BCUT2D eigenvalue weighted by Crippen LogP contribution is 2.39. The maximum absolute atomic E-state index is 10.9. The molecule has 20 heavy (non-hydrogen) atoms. The second-order valence-electron chi connectivity index (χ2n) is 3.57. The molecule has 1 aromatic carbocycles. The van der Waals surface area contributed by atoms with E-state index in [4.69, 9.17) is 21.6 Å². The molecule has 0 fully saturated rings. The van der Waals surface area contributed by atoms with Crippen molar-refractivity contribution in [2.75, 3.05) is 0 Å². The molecule has 0 N–H and O–H groups in total. The van der Waals surface area contributed by atoms with Crippen molar-refractivity contribution in [1.29, 1.82) is 5.26 Å². The number of nitro groups is 1.